The van der Waals surface area contributed by atoms with E-state index in [9.17, 15) is 0 Å². The van der Waals surface area contributed by atoms with E-state index in [1.54, 1.807) is 0 Å². The molecule has 1 aromatic rings. The maximum atomic E-state index is 3.50. The van der Waals surface area contributed by atoms with E-state index >= 15 is 0 Å². The summed E-state index contributed by atoms with van der Waals surface area (Å²) in [5, 5.41) is 5.76. The molecule has 1 unspecified atom stereocenters. The molecule has 3 heteroatoms. The summed E-state index contributed by atoms with van der Waals surface area (Å²) < 4.78 is 0. The molecule has 74 valence electrons. The van der Waals surface area contributed by atoms with Crippen molar-refractivity contribution < 1.29 is 0 Å². The largest absolute Gasteiger partial charge is 0.309 e. The minimum absolute atomic E-state index is 0.532. The molecule has 0 aliphatic rings. The predicted octanol–water partition coefficient (Wildman–Crippen LogP) is 3.07. The highest BCUT2D eigenvalue weighted by Crippen LogP contribution is 2.22. The number of aryl methyl sites for hydroxylation is 1. The second-order valence-electron chi connectivity index (χ2n) is 3.06. The standard InChI is InChI=1S/C10H17NS2/c1-4-11-10(7-12-3)9-5-8(2)13-6-9/h5-6,10-11H,4,7H2,1-3H3. The minimum atomic E-state index is 0.532. The zero-order chi connectivity index (χ0) is 9.68. The number of thioether (sulfide) groups is 1. The van der Waals surface area contributed by atoms with E-state index in [0.717, 1.165) is 12.3 Å². The maximum Gasteiger partial charge on any atom is 0.0420 e. The van der Waals surface area contributed by atoms with Gasteiger partial charge in [-0.1, -0.05) is 6.92 Å². The number of nitrogens with one attached hydrogen (secondary N) is 1. The highest BCUT2D eigenvalue weighted by molar-refractivity contribution is 7.98. The topological polar surface area (TPSA) is 12.0 Å². The predicted molar refractivity (Wildman–Crippen MR) is 63.9 cm³/mol. The van der Waals surface area contributed by atoms with Gasteiger partial charge < -0.3 is 5.32 Å². The van der Waals surface area contributed by atoms with E-state index in [0.29, 0.717) is 6.04 Å². The van der Waals surface area contributed by atoms with Crippen LogP contribution in [-0.4, -0.2) is 18.6 Å². The van der Waals surface area contributed by atoms with Crippen LogP contribution in [0.3, 0.4) is 0 Å². The smallest absolute Gasteiger partial charge is 0.0420 e. The molecule has 1 rings (SSSR count). The molecular formula is C10H17NS2. The molecule has 1 atom stereocenters. The van der Waals surface area contributed by atoms with Crippen molar-refractivity contribution in [2.75, 3.05) is 18.6 Å². The quantitative estimate of drug-likeness (QED) is 0.810. The lowest BCUT2D eigenvalue weighted by atomic mass is 10.2. The molecule has 0 aliphatic heterocycles. The van der Waals surface area contributed by atoms with Gasteiger partial charge >= 0.3 is 0 Å². The summed E-state index contributed by atoms with van der Waals surface area (Å²) >= 11 is 3.73. The number of thiophene rings is 1. The Morgan fingerprint density at radius 2 is 2.38 bits per heavy atom. The van der Waals surface area contributed by atoms with Crippen LogP contribution in [0.25, 0.3) is 0 Å². The molecule has 0 amide bonds. The van der Waals surface area contributed by atoms with Gasteiger partial charge in [0.15, 0.2) is 0 Å². The fourth-order valence-corrected chi connectivity index (χ4v) is 2.73. The normalized spacial score (nSPS) is 13.2. The molecule has 0 spiro atoms. The summed E-state index contributed by atoms with van der Waals surface area (Å²) in [6.45, 7) is 5.36. The molecule has 0 saturated carbocycles. The van der Waals surface area contributed by atoms with Crippen molar-refractivity contribution in [3.8, 4) is 0 Å². The van der Waals surface area contributed by atoms with Crippen LogP contribution in [0.15, 0.2) is 11.4 Å². The van der Waals surface area contributed by atoms with Gasteiger partial charge in [0.05, 0.1) is 0 Å². The molecule has 1 aromatic heterocycles. The third-order valence-corrected chi connectivity index (χ3v) is 3.48. The van der Waals surface area contributed by atoms with Gasteiger partial charge in [0, 0.05) is 16.7 Å². The molecule has 1 heterocycles. The lowest BCUT2D eigenvalue weighted by molar-refractivity contribution is 0.608. The molecule has 0 aliphatic carbocycles. The average Bonchev–Trinajstić information content (AvgIpc) is 2.51. The Morgan fingerprint density at radius 3 is 2.85 bits per heavy atom. The van der Waals surface area contributed by atoms with E-state index in [1.807, 2.05) is 23.1 Å². The molecular weight excluding hydrogens is 198 g/mol. The Kier molecular flexibility index (Phi) is 4.84. The molecule has 0 aromatic carbocycles. The first-order chi connectivity index (χ1) is 6.27. The van der Waals surface area contributed by atoms with E-state index < -0.39 is 0 Å². The average molecular weight is 215 g/mol. The summed E-state index contributed by atoms with van der Waals surface area (Å²) in [4.78, 5) is 1.40. The van der Waals surface area contributed by atoms with Gasteiger partial charge in [-0.2, -0.15) is 11.8 Å². The lowest BCUT2D eigenvalue weighted by Gasteiger charge is -2.14. The second kappa shape index (κ2) is 5.68. The second-order valence-corrected chi connectivity index (χ2v) is 5.08. The van der Waals surface area contributed by atoms with Gasteiger partial charge in [0.2, 0.25) is 0 Å². The van der Waals surface area contributed by atoms with Crippen LogP contribution >= 0.6 is 23.1 Å². The molecule has 0 fully saturated rings. The Hall–Kier alpha value is 0.0100. The molecule has 0 bridgehead atoms. The van der Waals surface area contributed by atoms with Crippen molar-refractivity contribution in [1.82, 2.24) is 5.32 Å². The number of hydrogen-bond acceptors (Lipinski definition) is 3. The van der Waals surface area contributed by atoms with Crippen LogP contribution < -0.4 is 5.32 Å². The van der Waals surface area contributed by atoms with Gasteiger partial charge in [-0.25, -0.2) is 0 Å². The molecule has 1 nitrogen and oxygen atoms in total. The highest BCUT2D eigenvalue weighted by Gasteiger charge is 2.10. The Labute approximate surface area is 88.9 Å². The Bertz CT molecular complexity index is 239. The van der Waals surface area contributed by atoms with Gasteiger partial charge in [0.25, 0.3) is 0 Å². The molecule has 1 N–H and O–H groups in total. The van der Waals surface area contributed by atoms with Crippen molar-refractivity contribution in [2.45, 2.75) is 19.9 Å². The Morgan fingerprint density at radius 1 is 1.62 bits per heavy atom. The summed E-state index contributed by atoms with van der Waals surface area (Å²) in [6.07, 6.45) is 2.16. The van der Waals surface area contributed by atoms with Crippen molar-refractivity contribution in [1.29, 1.82) is 0 Å². The molecule has 0 saturated heterocycles. The van der Waals surface area contributed by atoms with E-state index in [1.165, 1.54) is 10.4 Å². The van der Waals surface area contributed by atoms with Crippen LogP contribution in [-0.2, 0) is 0 Å². The third kappa shape index (κ3) is 3.33. The molecule has 0 radical (unpaired) electrons. The third-order valence-electron chi connectivity index (χ3n) is 1.94. The maximum absolute atomic E-state index is 3.50. The van der Waals surface area contributed by atoms with Crippen LogP contribution in [0.5, 0.6) is 0 Å². The van der Waals surface area contributed by atoms with Crippen LogP contribution in [0, 0.1) is 6.92 Å². The van der Waals surface area contributed by atoms with Crippen LogP contribution in [0.4, 0.5) is 0 Å². The SMILES string of the molecule is CCNC(CSC)c1csc(C)c1. The van der Waals surface area contributed by atoms with E-state index in [2.05, 4.69) is 36.9 Å². The van der Waals surface area contributed by atoms with Crippen molar-refractivity contribution in [3.05, 3.63) is 21.9 Å². The summed E-state index contributed by atoms with van der Waals surface area (Å²) in [6, 6.07) is 2.82. The molecule has 13 heavy (non-hydrogen) atoms. The first kappa shape index (κ1) is 11.1. The summed E-state index contributed by atoms with van der Waals surface area (Å²) in [5.41, 5.74) is 1.44. The van der Waals surface area contributed by atoms with E-state index in [4.69, 9.17) is 0 Å². The van der Waals surface area contributed by atoms with Gasteiger partial charge in [-0.15, -0.1) is 11.3 Å². The van der Waals surface area contributed by atoms with Crippen LogP contribution in [0.2, 0.25) is 0 Å². The Balaban J connectivity index is 2.63. The fraction of sp³-hybridized carbons (Fsp3) is 0.600. The van der Waals surface area contributed by atoms with Crippen molar-refractivity contribution in [2.24, 2.45) is 0 Å². The summed E-state index contributed by atoms with van der Waals surface area (Å²) in [5.74, 6) is 1.16. The lowest BCUT2D eigenvalue weighted by Crippen LogP contribution is -2.22. The fourth-order valence-electron chi connectivity index (χ4n) is 1.33. The first-order valence-electron chi connectivity index (χ1n) is 4.55. The zero-order valence-corrected chi connectivity index (χ0v) is 10.1. The highest BCUT2D eigenvalue weighted by atomic mass is 32.2. The van der Waals surface area contributed by atoms with Crippen molar-refractivity contribution >= 4 is 23.1 Å². The van der Waals surface area contributed by atoms with E-state index in [-0.39, 0.29) is 0 Å². The zero-order valence-electron chi connectivity index (χ0n) is 8.46. The monoisotopic (exact) mass is 215 g/mol. The van der Waals surface area contributed by atoms with Crippen molar-refractivity contribution in [3.63, 3.8) is 0 Å². The minimum Gasteiger partial charge on any atom is -0.309 e. The first-order valence-corrected chi connectivity index (χ1v) is 6.82. The van der Waals surface area contributed by atoms with Crippen LogP contribution in [0.1, 0.15) is 23.4 Å². The number of rotatable bonds is 5. The summed E-state index contributed by atoms with van der Waals surface area (Å²) in [7, 11) is 0. The number of hydrogen-bond donors (Lipinski definition) is 1. The van der Waals surface area contributed by atoms with Gasteiger partial charge in [0.1, 0.15) is 0 Å². The van der Waals surface area contributed by atoms with Gasteiger partial charge in [-0.3, -0.25) is 0 Å². The van der Waals surface area contributed by atoms with Gasteiger partial charge in [-0.05, 0) is 36.7 Å².